The monoisotopic (exact) mass is 215 g/mol. The minimum atomic E-state index is 0.590. The molecule has 0 heterocycles. The van der Waals surface area contributed by atoms with Gasteiger partial charge in [-0.2, -0.15) is 0 Å². The van der Waals surface area contributed by atoms with Gasteiger partial charge in [0.25, 0.3) is 0 Å². The first kappa shape index (κ1) is 10.6. The van der Waals surface area contributed by atoms with Crippen LogP contribution in [0.2, 0.25) is 10.0 Å². The molecule has 0 saturated carbocycles. The van der Waals surface area contributed by atoms with Crippen LogP contribution in [-0.4, -0.2) is 13.6 Å². The van der Waals surface area contributed by atoms with Crippen LogP contribution in [0.3, 0.4) is 0 Å². The number of halogens is 2. The van der Waals surface area contributed by atoms with Crippen LogP contribution in [0.15, 0.2) is 24.3 Å². The van der Waals surface area contributed by atoms with E-state index in [-0.39, 0.29) is 0 Å². The molecule has 0 saturated heterocycles. The Balaban J connectivity index is 2.73. The van der Waals surface area contributed by atoms with Crippen LogP contribution in [0.5, 0.6) is 0 Å². The molecule has 0 aliphatic rings. The van der Waals surface area contributed by atoms with Crippen LogP contribution < -0.4 is 5.32 Å². The maximum Gasteiger partial charge on any atom is 0.0598 e. The van der Waals surface area contributed by atoms with E-state index in [2.05, 4.69) is 5.32 Å². The SMILES string of the molecule is CNCC=Cc1ccc(Cl)c(Cl)c1. The van der Waals surface area contributed by atoms with Gasteiger partial charge in [0.15, 0.2) is 0 Å². The molecule has 1 rings (SSSR count). The van der Waals surface area contributed by atoms with Crippen LogP contribution in [-0.2, 0) is 0 Å². The Bertz CT molecular complexity index is 308. The predicted octanol–water partition coefficient (Wildman–Crippen LogP) is 3.23. The van der Waals surface area contributed by atoms with E-state index < -0.39 is 0 Å². The van der Waals surface area contributed by atoms with Gasteiger partial charge in [0, 0.05) is 6.54 Å². The fraction of sp³-hybridized carbons (Fsp3) is 0.200. The number of likely N-dealkylation sites (N-methyl/N-ethyl adjacent to an activating group) is 1. The molecular formula is C10H11Cl2N. The van der Waals surface area contributed by atoms with Gasteiger partial charge in [0.2, 0.25) is 0 Å². The number of benzene rings is 1. The molecule has 1 aromatic carbocycles. The fourth-order valence-electron chi connectivity index (χ4n) is 0.929. The lowest BCUT2D eigenvalue weighted by Crippen LogP contribution is -2.03. The molecule has 0 fully saturated rings. The maximum atomic E-state index is 5.85. The maximum absolute atomic E-state index is 5.85. The Morgan fingerprint density at radius 2 is 2.08 bits per heavy atom. The van der Waals surface area contributed by atoms with E-state index in [9.17, 15) is 0 Å². The molecule has 0 unspecified atom stereocenters. The van der Waals surface area contributed by atoms with Crippen molar-refractivity contribution in [3.05, 3.63) is 39.9 Å². The molecule has 0 amide bonds. The molecule has 0 bridgehead atoms. The molecule has 1 aromatic rings. The largest absolute Gasteiger partial charge is 0.316 e. The summed E-state index contributed by atoms with van der Waals surface area (Å²) in [7, 11) is 1.90. The average Bonchev–Trinajstić information content (AvgIpc) is 2.12. The van der Waals surface area contributed by atoms with Gasteiger partial charge < -0.3 is 5.32 Å². The summed E-state index contributed by atoms with van der Waals surface area (Å²) in [6, 6.07) is 5.57. The van der Waals surface area contributed by atoms with Crippen molar-refractivity contribution in [2.75, 3.05) is 13.6 Å². The van der Waals surface area contributed by atoms with Crippen LogP contribution in [0.1, 0.15) is 5.56 Å². The Morgan fingerprint density at radius 1 is 1.31 bits per heavy atom. The Labute approximate surface area is 88.4 Å². The van der Waals surface area contributed by atoms with E-state index in [1.807, 2.05) is 31.3 Å². The highest BCUT2D eigenvalue weighted by molar-refractivity contribution is 6.42. The standard InChI is InChI=1S/C10H11Cl2N/c1-13-6-2-3-8-4-5-9(11)10(12)7-8/h2-5,7,13H,6H2,1H3. The van der Waals surface area contributed by atoms with E-state index in [0.717, 1.165) is 12.1 Å². The molecule has 0 spiro atoms. The summed E-state index contributed by atoms with van der Waals surface area (Å²) in [4.78, 5) is 0. The van der Waals surface area contributed by atoms with Gasteiger partial charge >= 0.3 is 0 Å². The Hall–Kier alpha value is -0.500. The Kier molecular flexibility index (Phi) is 4.29. The van der Waals surface area contributed by atoms with Crippen LogP contribution in [0, 0.1) is 0 Å². The first-order valence-corrected chi connectivity index (χ1v) is 4.76. The van der Waals surface area contributed by atoms with Crippen molar-refractivity contribution in [2.45, 2.75) is 0 Å². The molecule has 0 radical (unpaired) electrons. The molecule has 70 valence electrons. The van der Waals surface area contributed by atoms with E-state index >= 15 is 0 Å². The van der Waals surface area contributed by atoms with E-state index in [1.165, 1.54) is 0 Å². The summed E-state index contributed by atoms with van der Waals surface area (Å²) < 4.78 is 0. The third kappa shape index (κ3) is 3.39. The van der Waals surface area contributed by atoms with Crippen molar-refractivity contribution in [1.29, 1.82) is 0 Å². The van der Waals surface area contributed by atoms with Gasteiger partial charge in [-0.3, -0.25) is 0 Å². The van der Waals surface area contributed by atoms with E-state index in [4.69, 9.17) is 23.2 Å². The first-order valence-electron chi connectivity index (χ1n) is 4.00. The third-order valence-corrected chi connectivity index (χ3v) is 2.31. The zero-order valence-electron chi connectivity index (χ0n) is 7.35. The van der Waals surface area contributed by atoms with Gasteiger partial charge in [-0.15, -0.1) is 0 Å². The van der Waals surface area contributed by atoms with Crippen molar-refractivity contribution in [3.63, 3.8) is 0 Å². The first-order chi connectivity index (χ1) is 6.24. The molecule has 1 N–H and O–H groups in total. The molecule has 13 heavy (non-hydrogen) atoms. The second-order valence-electron chi connectivity index (χ2n) is 2.63. The summed E-state index contributed by atoms with van der Waals surface area (Å²) in [5.41, 5.74) is 1.06. The second-order valence-corrected chi connectivity index (χ2v) is 3.45. The molecule has 0 aliphatic heterocycles. The molecule has 3 heteroatoms. The smallest absolute Gasteiger partial charge is 0.0598 e. The lowest BCUT2D eigenvalue weighted by atomic mass is 10.2. The minimum Gasteiger partial charge on any atom is -0.316 e. The summed E-state index contributed by atoms with van der Waals surface area (Å²) in [5, 5.41) is 4.20. The summed E-state index contributed by atoms with van der Waals surface area (Å²) >= 11 is 11.6. The molecule has 0 aliphatic carbocycles. The van der Waals surface area contributed by atoms with Crippen molar-refractivity contribution < 1.29 is 0 Å². The average molecular weight is 216 g/mol. The topological polar surface area (TPSA) is 12.0 Å². The van der Waals surface area contributed by atoms with Gasteiger partial charge in [0.1, 0.15) is 0 Å². The minimum absolute atomic E-state index is 0.590. The zero-order chi connectivity index (χ0) is 9.68. The van der Waals surface area contributed by atoms with Crippen LogP contribution >= 0.6 is 23.2 Å². The number of hydrogen-bond donors (Lipinski definition) is 1. The Morgan fingerprint density at radius 3 is 2.69 bits per heavy atom. The highest BCUT2D eigenvalue weighted by atomic mass is 35.5. The second kappa shape index (κ2) is 5.28. The number of rotatable bonds is 3. The zero-order valence-corrected chi connectivity index (χ0v) is 8.86. The number of nitrogens with one attached hydrogen (secondary N) is 1. The lowest BCUT2D eigenvalue weighted by molar-refractivity contribution is 0.922. The normalized spacial score (nSPS) is 11.0. The molecular weight excluding hydrogens is 205 g/mol. The third-order valence-electron chi connectivity index (χ3n) is 1.58. The van der Waals surface area contributed by atoms with Crippen LogP contribution in [0.4, 0.5) is 0 Å². The molecule has 0 aromatic heterocycles. The predicted molar refractivity (Wildman–Crippen MR) is 59.4 cm³/mol. The van der Waals surface area contributed by atoms with Crippen molar-refractivity contribution in [2.24, 2.45) is 0 Å². The highest BCUT2D eigenvalue weighted by Gasteiger charge is 1.95. The van der Waals surface area contributed by atoms with E-state index in [1.54, 1.807) is 6.07 Å². The van der Waals surface area contributed by atoms with Crippen molar-refractivity contribution >= 4 is 29.3 Å². The fourth-order valence-corrected chi connectivity index (χ4v) is 1.24. The molecule has 0 atom stereocenters. The van der Waals surface area contributed by atoms with Gasteiger partial charge in [-0.25, -0.2) is 0 Å². The summed E-state index contributed by atoms with van der Waals surface area (Å²) in [6.07, 6.45) is 4.03. The lowest BCUT2D eigenvalue weighted by Gasteiger charge is -1.97. The van der Waals surface area contributed by atoms with E-state index in [0.29, 0.717) is 10.0 Å². The van der Waals surface area contributed by atoms with Crippen molar-refractivity contribution in [1.82, 2.24) is 5.32 Å². The van der Waals surface area contributed by atoms with Crippen molar-refractivity contribution in [3.8, 4) is 0 Å². The summed E-state index contributed by atoms with van der Waals surface area (Å²) in [6.45, 7) is 0.847. The quantitative estimate of drug-likeness (QED) is 0.817. The summed E-state index contributed by atoms with van der Waals surface area (Å²) in [5.74, 6) is 0. The molecule has 1 nitrogen and oxygen atoms in total. The van der Waals surface area contributed by atoms with Crippen LogP contribution in [0.25, 0.3) is 6.08 Å². The highest BCUT2D eigenvalue weighted by Crippen LogP contribution is 2.22. The van der Waals surface area contributed by atoms with Gasteiger partial charge in [-0.1, -0.05) is 41.4 Å². The van der Waals surface area contributed by atoms with Gasteiger partial charge in [-0.05, 0) is 24.7 Å². The van der Waals surface area contributed by atoms with Gasteiger partial charge in [0.05, 0.1) is 10.0 Å². The number of hydrogen-bond acceptors (Lipinski definition) is 1.